The molecule has 1 amide bonds. The standard InChI is InChI=1S/C21H20F3N3O2S/c1-14(19(28)26-16-10-6-7-11-18(16)29-2)30-20-25-12-17(15-8-4-3-5-9-15)27(20)13-21(22,23)24/h3-12,14H,13H2,1-2H3,(H,26,28). The molecule has 30 heavy (non-hydrogen) atoms. The highest BCUT2D eigenvalue weighted by Gasteiger charge is 2.31. The molecule has 1 aromatic heterocycles. The zero-order valence-corrected chi connectivity index (χ0v) is 17.1. The molecule has 0 aliphatic heterocycles. The van der Waals surface area contributed by atoms with Gasteiger partial charge in [0.15, 0.2) is 5.16 Å². The van der Waals surface area contributed by atoms with Crippen LogP contribution in [0.4, 0.5) is 18.9 Å². The Labute approximate surface area is 176 Å². The summed E-state index contributed by atoms with van der Waals surface area (Å²) in [5.41, 5.74) is 1.45. The molecule has 5 nitrogen and oxygen atoms in total. The summed E-state index contributed by atoms with van der Waals surface area (Å²) >= 11 is 0.966. The van der Waals surface area contributed by atoms with Crippen LogP contribution in [-0.4, -0.2) is 34.0 Å². The molecule has 9 heteroatoms. The number of methoxy groups -OCH3 is 1. The van der Waals surface area contributed by atoms with E-state index in [1.807, 2.05) is 0 Å². The fraction of sp³-hybridized carbons (Fsp3) is 0.238. The molecular formula is C21H20F3N3O2S. The van der Waals surface area contributed by atoms with E-state index in [0.717, 1.165) is 16.3 Å². The summed E-state index contributed by atoms with van der Waals surface area (Å²) in [5.74, 6) is 0.125. The second kappa shape index (κ2) is 9.25. The van der Waals surface area contributed by atoms with Gasteiger partial charge >= 0.3 is 6.18 Å². The monoisotopic (exact) mass is 435 g/mol. The van der Waals surface area contributed by atoms with Gasteiger partial charge in [-0.2, -0.15) is 13.2 Å². The molecule has 1 heterocycles. The van der Waals surface area contributed by atoms with Crippen LogP contribution < -0.4 is 10.1 Å². The predicted molar refractivity (Wildman–Crippen MR) is 111 cm³/mol. The molecule has 2 aromatic carbocycles. The van der Waals surface area contributed by atoms with Gasteiger partial charge in [-0.25, -0.2) is 4.98 Å². The largest absolute Gasteiger partial charge is 0.495 e. The number of aromatic nitrogens is 2. The number of carbonyl (C=O) groups excluding carboxylic acids is 1. The number of benzene rings is 2. The van der Waals surface area contributed by atoms with Gasteiger partial charge in [-0.1, -0.05) is 54.2 Å². The number of imidazole rings is 1. The van der Waals surface area contributed by atoms with Crippen LogP contribution in [0, 0.1) is 0 Å². The van der Waals surface area contributed by atoms with Crippen molar-refractivity contribution in [3.8, 4) is 17.0 Å². The van der Waals surface area contributed by atoms with E-state index in [-0.39, 0.29) is 11.1 Å². The number of amides is 1. The summed E-state index contributed by atoms with van der Waals surface area (Å²) in [5, 5.41) is 2.18. The van der Waals surface area contributed by atoms with E-state index in [4.69, 9.17) is 4.74 Å². The van der Waals surface area contributed by atoms with Crippen LogP contribution in [0.15, 0.2) is 66.0 Å². The lowest BCUT2D eigenvalue weighted by Crippen LogP contribution is -2.24. The van der Waals surface area contributed by atoms with Crippen molar-refractivity contribution in [2.45, 2.75) is 30.1 Å². The maximum absolute atomic E-state index is 13.2. The van der Waals surface area contributed by atoms with Gasteiger partial charge in [-0.15, -0.1) is 0 Å². The van der Waals surface area contributed by atoms with E-state index >= 15 is 0 Å². The molecule has 0 radical (unpaired) electrons. The fourth-order valence-electron chi connectivity index (χ4n) is 2.82. The molecule has 0 aliphatic carbocycles. The average molecular weight is 435 g/mol. The topological polar surface area (TPSA) is 56.1 Å². The van der Waals surface area contributed by atoms with Crippen LogP contribution in [0.1, 0.15) is 6.92 Å². The molecule has 0 fully saturated rings. The fourth-order valence-corrected chi connectivity index (χ4v) is 3.70. The normalized spacial score (nSPS) is 12.4. The van der Waals surface area contributed by atoms with E-state index < -0.39 is 18.0 Å². The Morgan fingerprint density at radius 2 is 1.83 bits per heavy atom. The second-order valence-electron chi connectivity index (χ2n) is 6.44. The molecule has 1 N–H and O–H groups in total. The van der Waals surface area contributed by atoms with Crippen molar-refractivity contribution in [3.63, 3.8) is 0 Å². The maximum Gasteiger partial charge on any atom is 0.406 e. The SMILES string of the molecule is COc1ccccc1NC(=O)C(C)Sc1ncc(-c2ccccc2)n1CC(F)(F)F. The third-order valence-electron chi connectivity index (χ3n) is 4.24. The van der Waals surface area contributed by atoms with Crippen LogP contribution in [0.5, 0.6) is 5.75 Å². The summed E-state index contributed by atoms with van der Waals surface area (Å²) < 4.78 is 45.9. The first-order valence-corrected chi connectivity index (χ1v) is 9.94. The predicted octanol–water partition coefficient (Wildman–Crippen LogP) is 5.24. The van der Waals surface area contributed by atoms with Gasteiger partial charge in [0.1, 0.15) is 12.3 Å². The number of carbonyl (C=O) groups is 1. The Bertz CT molecular complexity index is 1010. The van der Waals surface area contributed by atoms with Crippen molar-refractivity contribution < 1.29 is 22.7 Å². The van der Waals surface area contributed by atoms with E-state index in [9.17, 15) is 18.0 Å². The maximum atomic E-state index is 13.2. The van der Waals surface area contributed by atoms with Gasteiger partial charge in [0, 0.05) is 0 Å². The molecule has 1 unspecified atom stereocenters. The number of rotatable bonds is 7. The van der Waals surface area contributed by atoms with Gasteiger partial charge in [-0.3, -0.25) is 4.79 Å². The van der Waals surface area contributed by atoms with E-state index in [1.165, 1.54) is 13.3 Å². The second-order valence-corrected chi connectivity index (χ2v) is 7.75. The molecule has 3 aromatic rings. The number of alkyl halides is 3. The highest BCUT2D eigenvalue weighted by Crippen LogP contribution is 2.32. The number of nitrogens with one attached hydrogen (secondary N) is 1. The van der Waals surface area contributed by atoms with Crippen molar-refractivity contribution in [2.75, 3.05) is 12.4 Å². The van der Waals surface area contributed by atoms with Crippen molar-refractivity contribution in [3.05, 3.63) is 60.8 Å². The van der Waals surface area contributed by atoms with Crippen LogP contribution in [0.2, 0.25) is 0 Å². The first-order chi connectivity index (χ1) is 14.3. The summed E-state index contributed by atoms with van der Waals surface area (Å²) in [6.07, 6.45) is -3.03. The summed E-state index contributed by atoms with van der Waals surface area (Å²) in [7, 11) is 1.49. The number of nitrogens with zero attached hydrogens (tertiary/aromatic N) is 2. The minimum atomic E-state index is -4.43. The average Bonchev–Trinajstić information content (AvgIpc) is 3.09. The van der Waals surface area contributed by atoms with Crippen LogP contribution in [0.25, 0.3) is 11.3 Å². The first kappa shape index (κ1) is 21.8. The van der Waals surface area contributed by atoms with Gasteiger partial charge in [0.05, 0.1) is 29.9 Å². The Kier molecular flexibility index (Phi) is 6.71. The minimum Gasteiger partial charge on any atom is -0.495 e. The zero-order chi connectivity index (χ0) is 21.7. The molecule has 0 saturated heterocycles. The molecule has 0 spiro atoms. The number of hydrogen-bond acceptors (Lipinski definition) is 4. The van der Waals surface area contributed by atoms with Crippen LogP contribution >= 0.6 is 11.8 Å². The summed E-state index contributed by atoms with van der Waals surface area (Å²) in [4.78, 5) is 16.8. The highest BCUT2D eigenvalue weighted by atomic mass is 32.2. The Morgan fingerprint density at radius 1 is 1.17 bits per heavy atom. The van der Waals surface area contributed by atoms with E-state index in [2.05, 4.69) is 10.3 Å². The Hall–Kier alpha value is -2.94. The number of halogens is 3. The van der Waals surface area contributed by atoms with Crippen LogP contribution in [0.3, 0.4) is 0 Å². The molecule has 158 valence electrons. The Morgan fingerprint density at radius 3 is 2.50 bits per heavy atom. The van der Waals surface area contributed by atoms with E-state index in [1.54, 1.807) is 61.5 Å². The lowest BCUT2D eigenvalue weighted by molar-refractivity contribution is -0.141. The number of anilines is 1. The van der Waals surface area contributed by atoms with Crippen LogP contribution in [-0.2, 0) is 11.3 Å². The van der Waals surface area contributed by atoms with Crippen molar-refractivity contribution in [2.24, 2.45) is 0 Å². The molecule has 3 rings (SSSR count). The quantitative estimate of drug-likeness (QED) is 0.516. The molecule has 1 atom stereocenters. The molecule has 0 saturated carbocycles. The number of ether oxygens (including phenoxy) is 1. The lowest BCUT2D eigenvalue weighted by Gasteiger charge is -2.17. The van der Waals surface area contributed by atoms with Gasteiger partial charge in [0.25, 0.3) is 0 Å². The van der Waals surface area contributed by atoms with Crippen molar-refractivity contribution in [1.29, 1.82) is 0 Å². The van der Waals surface area contributed by atoms with Crippen molar-refractivity contribution >= 4 is 23.4 Å². The van der Waals surface area contributed by atoms with Gasteiger partial charge < -0.3 is 14.6 Å². The van der Waals surface area contributed by atoms with Gasteiger partial charge in [-0.05, 0) is 24.6 Å². The third-order valence-corrected chi connectivity index (χ3v) is 5.35. The summed E-state index contributed by atoms with van der Waals surface area (Å²) in [6.45, 7) is 0.421. The van der Waals surface area contributed by atoms with Crippen molar-refractivity contribution in [1.82, 2.24) is 9.55 Å². The number of hydrogen-bond donors (Lipinski definition) is 1. The summed E-state index contributed by atoms with van der Waals surface area (Å²) in [6, 6.07) is 15.6. The Balaban J connectivity index is 1.83. The minimum absolute atomic E-state index is 0.119. The molecule has 0 bridgehead atoms. The number of thioether (sulfide) groups is 1. The number of para-hydroxylation sites is 2. The lowest BCUT2D eigenvalue weighted by atomic mass is 10.2. The van der Waals surface area contributed by atoms with E-state index in [0.29, 0.717) is 22.7 Å². The first-order valence-electron chi connectivity index (χ1n) is 9.06. The van der Waals surface area contributed by atoms with Gasteiger partial charge in [0.2, 0.25) is 5.91 Å². The zero-order valence-electron chi connectivity index (χ0n) is 16.3. The third kappa shape index (κ3) is 5.35. The molecular weight excluding hydrogens is 415 g/mol. The molecule has 0 aliphatic rings. The highest BCUT2D eigenvalue weighted by molar-refractivity contribution is 8.00. The smallest absolute Gasteiger partial charge is 0.406 e.